The molecule has 2 aromatic rings. The van der Waals surface area contributed by atoms with E-state index in [2.05, 4.69) is 10.3 Å². The smallest absolute Gasteiger partial charge is 0.311 e. The first kappa shape index (κ1) is 14.3. The van der Waals surface area contributed by atoms with Gasteiger partial charge >= 0.3 is 5.69 Å². The van der Waals surface area contributed by atoms with Crippen molar-refractivity contribution < 1.29 is 14.5 Å². The summed E-state index contributed by atoms with van der Waals surface area (Å²) in [7, 11) is 0. The fourth-order valence-electron chi connectivity index (χ4n) is 1.59. The summed E-state index contributed by atoms with van der Waals surface area (Å²) in [6, 6.07) is 9.16. The third kappa shape index (κ3) is 3.66. The topological polar surface area (TPSA) is 120 Å². The number of nitrogens with zero attached hydrogens (tertiary/aromatic N) is 2. The quantitative estimate of drug-likeness (QED) is 0.658. The van der Waals surface area contributed by atoms with Crippen molar-refractivity contribution in [3.63, 3.8) is 0 Å². The number of nitrogens with two attached hydrogens (primary N) is 1. The fraction of sp³-hybridized carbons (Fsp3) is 0.0769. The molecule has 0 spiro atoms. The number of nitrogens with one attached hydrogen (secondary N) is 1. The number of ether oxygens (including phenoxy) is 1. The van der Waals surface area contributed by atoms with Gasteiger partial charge in [0.2, 0.25) is 17.6 Å². The van der Waals surface area contributed by atoms with Crippen molar-refractivity contribution in [2.24, 2.45) is 0 Å². The number of anilines is 2. The summed E-state index contributed by atoms with van der Waals surface area (Å²) in [6.45, 7) is 1.41. The lowest BCUT2D eigenvalue weighted by Gasteiger charge is -2.07. The molecule has 0 radical (unpaired) electrons. The summed E-state index contributed by atoms with van der Waals surface area (Å²) in [5.41, 5.74) is 5.83. The van der Waals surface area contributed by atoms with Crippen molar-refractivity contribution in [1.29, 1.82) is 0 Å². The molecule has 1 heterocycles. The van der Waals surface area contributed by atoms with Gasteiger partial charge in [-0.05, 0) is 24.3 Å². The molecule has 1 aromatic heterocycles. The van der Waals surface area contributed by atoms with Gasteiger partial charge < -0.3 is 15.8 Å². The maximum absolute atomic E-state index is 10.9. The van der Waals surface area contributed by atoms with E-state index in [9.17, 15) is 14.9 Å². The van der Waals surface area contributed by atoms with E-state index in [1.165, 1.54) is 19.1 Å². The van der Waals surface area contributed by atoms with Gasteiger partial charge in [0.15, 0.2) is 0 Å². The molecule has 21 heavy (non-hydrogen) atoms. The number of amides is 1. The number of pyridine rings is 1. The van der Waals surface area contributed by atoms with Crippen LogP contribution in [0.15, 0.2) is 36.4 Å². The van der Waals surface area contributed by atoms with Crippen LogP contribution in [0.3, 0.4) is 0 Å². The monoisotopic (exact) mass is 288 g/mol. The molecule has 0 aliphatic carbocycles. The number of rotatable bonds is 4. The first-order chi connectivity index (χ1) is 9.95. The summed E-state index contributed by atoms with van der Waals surface area (Å²) in [6.07, 6.45) is 0. The molecule has 3 N–H and O–H groups in total. The molecule has 8 nitrogen and oxygen atoms in total. The van der Waals surface area contributed by atoms with E-state index >= 15 is 0 Å². The van der Waals surface area contributed by atoms with Crippen LogP contribution in [-0.4, -0.2) is 15.8 Å². The van der Waals surface area contributed by atoms with E-state index in [0.29, 0.717) is 11.4 Å². The van der Waals surface area contributed by atoms with Crippen LogP contribution in [0.25, 0.3) is 0 Å². The number of aromatic nitrogens is 1. The lowest BCUT2D eigenvalue weighted by Crippen LogP contribution is -2.05. The molecule has 0 aliphatic heterocycles. The molecule has 0 aliphatic rings. The minimum Gasteiger partial charge on any atom is -0.439 e. The molecule has 1 amide bonds. The van der Waals surface area contributed by atoms with E-state index in [1.807, 2.05) is 0 Å². The molecule has 0 fully saturated rings. The van der Waals surface area contributed by atoms with Crippen molar-refractivity contribution in [3.05, 3.63) is 46.5 Å². The lowest BCUT2D eigenvalue weighted by atomic mass is 10.3. The molecular formula is C13H12N4O4. The third-order valence-corrected chi connectivity index (χ3v) is 2.47. The van der Waals surface area contributed by atoms with E-state index in [4.69, 9.17) is 10.5 Å². The molecule has 0 saturated heterocycles. The molecule has 0 atom stereocenters. The first-order valence-electron chi connectivity index (χ1n) is 5.92. The molecule has 1 aromatic carbocycles. The molecule has 8 heteroatoms. The predicted molar refractivity (Wildman–Crippen MR) is 76.1 cm³/mol. The van der Waals surface area contributed by atoms with Crippen LogP contribution < -0.4 is 15.8 Å². The molecule has 0 unspecified atom stereocenters. The van der Waals surface area contributed by atoms with Crippen molar-refractivity contribution >= 4 is 23.1 Å². The van der Waals surface area contributed by atoms with Crippen molar-refractivity contribution in [2.45, 2.75) is 6.92 Å². The van der Waals surface area contributed by atoms with Crippen LogP contribution >= 0.6 is 0 Å². The van der Waals surface area contributed by atoms with E-state index in [1.54, 1.807) is 24.3 Å². The Kier molecular flexibility index (Phi) is 3.98. The average Bonchev–Trinajstić information content (AvgIpc) is 2.40. The fourth-order valence-corrected chi connectivity index (χ4v) is 1.59. The SMILES string of the molecule is CC(=O)Nc1ccc(Oc2ccc([N+](=O)[O-])c(N)n2)cc1. The maximum Gasteiger partial charge on any atom is 0.311 e. The molecular weight excluding hydrogens is 276 g/mol. The number of carbonyl (C=O) groups excluding carboxylic acids is 1. The van der Waals surface area contributed by atoms with E-state index in [-0.39, 0.29) is 23.3 Å². The van der Waals surface area contributed by atoms with Gasteiger partial charge in [-0.3, -0.25) is 14.9 Å². The van der Waals surface area contributed by atoms with Crippen LogP contribution in [0.4, 0.5) is 17.2 Å². The molecule has 2 rings (SSSR count). The zero-order chi connectivity index (χ0) is 15.4. The normalized spacial score (nSPS) is 9.95. The second kappa shape index (κ2) is 5.87. The Labute approximate surface area is 119 Å². The maximum atomic E-state index is 10.9. The highest BCUT2D eigenvalue weighted by Crippen LogP contribution is 2.26. The second-order valence-electron chi connectivity index (χ2n) is 4.12. The van der Waals surface area contributed by atoms with Gasteiger partial charge in [-0.2, -0.15) is 4.98 Å². The molecule has 108 valence electrons. The summed E-state index contributed by atoms with van der Waals surface area (Å²) < 4.78 is 5.43. The van der Waals surface area contributed by atoms with Crippen LogP contribution in [0, 0.1) is 10.1 Å². The number of hydrogen-bond acceptors (Lipinski definition) is 6. The Morgan fingerprint density at radius 1 is 1.29 bits per heavy atom. The van der Waals surface area contributed by atoms with E-state index < -0.39 is 4.92 Å². The van der Waals surface area contributed by atoms with Gasteiger partial charge in [0, 0.05) is 24.7 Å². The Balaban J connectivity index is 2.13. The van der Waals surface area contributed by atoms with Gasteiger partial charge in [-0.15, -0.1) is 0 Å². The number of nitro groups is 1. The zero-order valence-corrected chi connectivity index (χ0v) is 11.1. The van der Waals surface area contributed by atoms with Gasteiger partial charge in [0.1, 0.15) is 5.75 Å². The summed E-state index contributed by atoms with van der Waals surface area (Å²) in [5.74, 6) is 0.219. The number of benzene rings is 1. The van der Waals surface area contributed by atoms with E-state index in [0.717, 1.165) is 0 Å². The highest BCUT2D eigenvalue weighted by molar-refractivity contribution is 5.88. The average molecular weight is 288 g/mol. The standard InChI is InChI=1S/C13H12N4O4/c1-8(18)15-9-2-4-10(5-3-9)21-12-7-6-11(17(19)20)13(14)16-12/h2-7H,1H3,(H2,14,16)(H,15,18). The summed E-state index contributed by atoms with van der Waals surface area (Å²) in [4.78, 5) is 24.7. The van der Waals surface area contributed by atoms with Gasteiger partial charge in [-0.1, -0.05) is 0 Å². The second-order valence-corrected chi connectivity index (χ2v) is 4.12. The Morgan fingerprint density at radius 3 is 2.48 bits per heavy atom. The zero-order valence-electron chi connectivity index (χ0n) is 11.1. The first-order valence-corrected chi connectivity index (χ1v) is 5.92. The van der Waals surface area contributed by atoms with Crippen molar-refractivity contribution in [3.8, 4) is 11.6 Å². The van der Waals surface area contributed by atoms with Crippen LogP contribution in [0.5, 0.6) is 11.6 Å². The summed E-state index contributed by atoms with van der Waals surface area (Å²) >= 11 is 0. The number of nitrogen functional groups attached to an aromatic ring is 1. The third-order valence-electron chi connectivity index (χ3n) is 2.47. The van der Waals surface area contributed by atoms with Gasteiger partial charge in [0.05, 0.1) is 4.92 Å². The van der Waals surface area contributed by atoms with Crippen molar-refractivity contribution in [2.75, 3.05) is 11.1 Å². The van der Waals surface area contributed by atoms with Gasteiger partial charge in [-0.25, -0.2) is 0 Å². The largest absolute Gasteiger partial charge is 0.439 e. The molecule has 0 bridgehead atoms. The Hall–Kier alpha value is -3.16. The molecule has 0 saturated carbocycles. The Morgan fingerprint density at radius 2 is 1.95 bits per heavy atom. The highest BCUT2D eigenvalue weighted by atomic mass is 16.6. The van der Waals surface area contributed by atoms with Gasteiger partial charge in [0.25, 0.3) is 0 Å². The predicted octanol–water partition coefficient (Wildman–Crippen LogP) is 2.32. The van der Waals surface area contributed by atoms with Crippen LogP contribution in [0.2, 0.25) is 0 Å². The lowest BCUT2D eigenvalue weighted by molar-refractivity contribution is -0.384. The minimum atomic E-state index is -0.617. The Bertz CT molecular complexity index is 685. The van der Waals surface area contributed by atoms with Crippen LogP contribution in [0.1, 0.15) is 6.92 Å². The number of hydrogen-bond donors (Lipinski definition) is 2. The number of carbonyl (C=O) groups is 1. The highest BCUT2D eigenvalue weighted by Gasteiger charge is 2.13. The van der Waals surface area contributed by atoms with Crippen molar-refractivity contribution in [1.82, 2.24) is 4.98 Å². The minimum absolute atomic E-state index is 0.144. The summed E-state index contributed by atoms with van der Waals surface area (Å²) in [5, 5.41) is 13.2. The van der Waals surface area contributed by atoms with Crippen LogP contribution in [-0.2, 0) is 4.79 Å².